The van der Waals surface area contributed by atoms with E-state index in [0.717, 1.165) is 31.5 Å². The first kappa shape index (κ1) is 13.9. The largest absolute Gasteiger partial charge is 0.314 e. The molecule has 110 valence electrons. The number of anilines is 1. The molecule has 2 aliphatic rings. The van der Waals surface area contributed by atoms with Crippen LogP contribution in [0.1, 0.15) is 30.4 Å². The summed E-state index contributed by atoms with van der Waals surface area (Å²) in [5.41, 5.74) is 3.37. The minimum Gasteiger partial charge on any atom is -0.314 e. The van der Waals surface area contributed by atoms with Gasteiger partial charge in [-0.15, -0.1) is 0 Å². The van der Waals surface area contributed by atoms with Crippen LogP contribution in [0.5, 0.6) is 0 Å². The van der Waals surface area contributed by atoms with Gasteiger partial charge in [-0.05, 0) is 55.8 Å². The Kier molecular flexibility index (Phi) is 3.73. The minimum absolute atomic E-state index is 0.586. The first-order valence-electron chi connectivity index (χ1n) is 7.37. The van der Waals surface area contributed by atoms with Crippen LogP contribution in [-0.4, -0.2) is 33.8 Å². The second kappa shape index (κ2) is 5.37. The Labute approximate surface area is 121 Å². The van der Waals surface area contributed by atoms with Crippen LogP contribution in [0.3, 0.4) is 0 Å². The second-order valence-corrected chi connectivity index (χ2v) is 7.81. The van der Waals surface area contributed by atoms with E-state index >= 15 is 0 Å². The molecule has 1 aromatic carbocycles. The van der Waals surface area contributed by atoms with E-state index in [9.17, 15) is 8.42 Å². The molecular weight excluding hydrogens is 272 g/mol. The zero-order valence-electron chi connectivity index (χ0n) is 11.9. The molecular formula is C15H22N2O2S. The number of fused-ring (bicyclic) bond motifs is 1. The molecule has 0 aliphatic carbocycles. The topological polar surface area (TPSA) is 49.4 Å². The monoisotopic (exact) mass is 294 g/mol. The first-order valence-corrected chi connectivity index (χ1v) is 9.22. The van der Waals surface area contributed by atoms with Gasteiger partial charge < -0.3 is 5.32 Å². The molecule has 2 aliphatic heterocycles. The van der Waals surface area contributed by atoms with Crippen LogP contribution in [0.15, 0.2) is 18.2 Å². The predicted octanol–water partition coefficient (Wildman–Crippen LogP) is 1.69. The highest BCUT2D eigenvalue weighted by atomic mass is 32.2. The fraction of sp³-hybridized carbons (Fsp3) is 0.600. The van der Waals surface area contributed by atoms with Gasteiger partial charge in [-0.3, -0.25) is 4.31 Å². The maximum absolute atomic E-state index is 11.8. The molecule has 0 saturated carbocycles. The molecule has 1 unspecified atom stereocenters. The van der Waals surface area contributed by atoms with Gasteiger partial charge in [-0.25, -0.2) is 8.42 Å². The van der Waals surface area contributed by atoms with Gasteiger partial charge in [0, 0.05) is 12.6 Å². The maximum Gasteiger partial charge on any atom is 0.232 e. The van der Waals surface area contributed by atoms with E-state index in [2.05, 4.69) is 17.4 Å². The summed E-state index contributed by atoms with van der Waals surface area (Å²) < 4.78 is 25.2. The zero-order valence-corrected chi connectivity index (χ0v) is 12.7. The molecule has 1 fully saturated rings. The van der Waals surface area contributed by atoms with Crippen molar-refractivity contribution in [3.05, 3.63) is 29.3 Å². The summed E-state index contributed by atoms with van der Waals surface area (Å²) in [6, 6.07) is 6.86. The minimum atomic E-state index is -3.15. The number of nitrogens with one attached hydrogen (secondary N) is 1. The van der Waals surface area contributed by atoms with Crippen molar-refractivity contribution in [1.29, 1.82) is 0 Å². The number of rotatable bonds is 3. The van der Waals surface area contributed by atoms with Gasteiger partial charge in [-0.2, -0.15) is 0 Å². The van der Waals surface area contributed by atoms with Gasteiger partial charge in [0.25, 0.3) is 0 Å². The third-order valence-electron chi connectivity index (χ3n) is 4.26. The van der Waals surface area contributed by atoms with Crippen molar-refractivity contribution in [3.8, 4) is 0 Å². The molecule has 0 amide bonds. The van der Waals surface area contributed by atoms with Crippen LogP contribution in [-0.2, 0) is 22.9 Å². The molecule has 3 rings (SSSR count). The van der Waals surface area contributed by atoms with E-state index in [1.807, 2.05) is 6.07 Å². The standard InChI is InChI=1S/C15H22N2O2S/c1-20(18,19)17-9-3-4-13-10-12(6-7-15(13)17)11-14-5-2-8-16-14/h6-7,10,14,16H,2-5,8-9,11H2,1H3. The Hall–Kier alpha value is -1.07. The smallest absolute Gasteiger partial charge is 0.232 e. The number of sulfonamides is 1. The molecule has 4 nitrogen and oxygen atoms in total. The van der Waals surface area contributed by atoms with E-state index in [0.29, 0.717) is 12.6 Å². The summed E-state index contributed by atoms with van der Waals surface area (Å²) in [6.45, 7) is 1.73. The molecule has 5 heteroatoms. The third-order valence-corrected chi connectivity index (χ3v) is 5.44. The van der Waals surface area contributed by atoms with Crippen LogP contribution >= 0.6 is 0 Å². The van der Waals surface area contributed by atoms with E-state index in [1.54, 1.807) is 4.31 Å². The summed E-state index contributed by atoms with van der Waals surface area (Å²) in [5, 5.41) is 3.51. The summed E-state index contributed by atoms with van der Waals surface area (Å²) in [5.74, 6) is 0. The van der Waals surface area contributed by atoms with E-state index in [1.165, 1.54) is 30.2 Å². The van der Waals surface area contributed by atoms with Crippen LogP contribution < -0.4 is 9.62 Å². The Bertz CT molecular complexity index is 592. The average molecular weight is 294 g/mol. The Morgan fingerprint density at radius 3 is 2.90 bits per heavy atom. The lowest BCUT2D eigenvalue weighted by atomic mass is 9.97. The molecule has 0 aromatic heterocycles. The maximum atomic E-state index is 11.8. The highest BCUT2D eigenvalue weighted by Gasteiger charge is 2.24. The van der Waals surface area contributed by atoms with Gasteiger partial charge in [0.2, 0.25) is 10.0 Å². The van der Waals surface area contributed by atoms with Crippen molar-refractivity contribution in [2.75, 3.05) is 23.7 Å². The normalized spacial score (nSPS) is 22.9. The highest BCUT2D eigenvalue weighted by Crippen LogP contribution is 2.30. The highest BCUT2D eigenvalue weighted by molar-refractivity contribution is 7.92. The van der Waals surface area contributed by atoms with Crippen LogP contribution in [0, 0.1) is 0 Å². The van der Waals surface area contributed by atoms with Crippen LogP contribution in [0.25, 0.3) is 0 Å². The van der Waals surface area contributed by atoms with Crippen molar-refractivity contribution in [2.24, 2.45) is 0 Å². The third kappa shape index (κ3) is 2.83. The van der Waals surface area contributed by atoms with Crippen molar-refractivity contribution >= 4 is 15.7 Å². The fourth-order valence-electron chi connectivity index (χ4n) is 3.30. The number of benzene rings is 1. The van der Waals surface area contributed by atoms with E-state index in [4.69, 9.17) is 0 Å². The number of hydrogen-bond donors (Lipinski definition) is 1. The van der Waals surface area contributed by atoms with Crippen molar-refractivity contribution in [1.82, 2.24) is 5.32 Å². The van der Waals surface area contributed by atoms with Gasteiger partial charge in [0.1, 0.15) is 0 Å². The number of hydrogen-bond acceptors (Lipinski definition) is 3. The average Bonchev–Trinajstić information content (AvgIpc) is 2.89. The molecule has 20 heavy (non-hydrogen) atoms. The summed E-state index contributed by atoms with van der Waals surface area (Å²) in [4.78, 5) is 0. The summed E-state index contributed by atoms with van der Waals surface area (Å²) >= 11 is 0. The second-order valence-electron chi connectivity index (χ2n) is 5.90. The molecule has 0 spiro atoms. The van der Waals surface area contributed by atoms with E-state index < -0.39 is 10.0 Å². The van der Waals surface area contributed by atoms with E-state index in [-0.39, 0.29) is 0 Å². The molecule has 1 atom stereocenters. The quantitative estimate of drug-likeness (QED) is 0.923. The predicted molar refractivity (Wildman–Crippen MR) is 81.7 cm³/mol. The SMILES string of the molecule is CS(=O)(=O)N1CCCc2cc(CC3CCCN3)ccc21. The van der Waals surface area contributed by atoms with Crippen molar-refractivity contribution in [2.45, 2.75) is 38.1 Å². The lowest BCUT2D eigenvalue weighted by molar-refractivity contribution is 0.591. The molecule has 2 heterocycles. The van der Waals surface area contributed by atoms with Crippen molar-refractivity contribution in [3.63, 3.8) is 0 Å². The molecule has 1 aromatic rings. The summed E-state index contributed by atoms with van der Waals surface area (Å²) in [6.07, 6.45) is 6.73. The lowest BCUT2D eigenvalue weighted by Gasteiger charge is -2.29. The zero-order chi connectivity index (χ0) is 14.2. The van der Waals surface area contributed by atoms with Crippen molar-refractivity contribution < 1.29 is 8.42 Å². The molecule has 1 N–H and O–H groups in total. The summed E-state index contributed by atoms with van der Waals surface area (Å²) in [7, 11) is -3.15. The van der Waals surface area contributed by atoms with Gasteiger partial charge >= 0.3 is 0 Å². The Morgan fingerprint density at radius 1 is 1.35 bits per heavy atom. The fourth-order valence-corrected chi connectivity index (χ4v) is 4.30. The molecule has 0 bridgehead atoms. The first-order chi connectivity index (χ1) is 9.54. The number of nitrogens with zero attached hydrogens (tertiary/aromatic N) is 1. The Morgan fingerprint density at radius 2 is 2.20 bits per heavy atom. The van der Waals surface area contributed by atoms with Crippen LogP contribution in [0.4, 0.5) is 5.69 Å². The number of aryl methyl sites for hydroxylation is 1. The van der Waals surface area contributed by atoms with Gasteiger partial charge in [0.15, 0.2) is 0 Å². The van der Waals surface area contributed by atoms with Crippen LogP contribution in [0.2, 0.25) is 0 Å². The molecule has 1 saturated heterocycles. The molecule has 0 radical (unpaired) electrons. The van der Waals surface area contributed by atoms with Gasteiger partial charge in [0.05, 0.1) is 11.9 Å². The Balaban J connectivity index is 1.85. The van der Waals surface area contributed by atoms with Gasteiger partial charge in [-0.1, -0.05) is 12.1 Å². The lowest BCUT2D eigenvalue weighted by Crippen LogP contribution is -2.34.